The lowest BCUT2D eigenvalue weighted by atomic mass is 10.0. The number of anilines is 1. The van der Waals surface area contributed by atoms with E-state index in [2.05, 4.69) is 15.7 Å². The van der Waals surface area contributed by atoms with Gasteiger partial charge in [0, 0.05) is 19.3 Å². The highest BCUT2D eigenvalue weighted by molar-refractivity contribution is 5.94. The molecule has 2 fully saturated rings. The summed E-state index contributed by atoms with van der Waals surface area (Å²) in [6, 6.07) is -0.143. The van der Waals surface area contributed by atoms with Crippen molar-refractivity contribution in [2.45, 2.75) is 57.9 Å². The van der Waals surface area contributed by atoms with Crippen LogP contribution < -0.4 is 10.6 Å². The summed E-state index contributed by atoms with van der Waals surface area (Å²) in [5, 5.41) is 10.3. The Bertz CT molecular complexity index is 601. The maximum Gasteiger partial charge on any atom is 0.244 e. The van der Waals surface area contributed by atoms with Gasteiger partial charge in [0.1, 0.15) is 6.54 Å². The molecule has 2 amide bonds. The molecular formula is C17H27N5O3. The third-order valence-electron chi connectivity index (χ3n) is 4.60. The van der Waals surface area contributed by atoms with Crippen LogP contribution in [0.25, 0.3) is 0 Å². The van der Waals surface area contributed by atoms with Gasteiger partial charge >= 0.3 is 0 Å². The summed E-state index contributed by atoms with van der Waals surface area (Å²) >= 11 is 0. The van der Waals surface area contributed by atoms with Crippen molar-refractivity contribution in [1.29, 1.82) is 0 Å². The fourth-order valence-corrected chi connectivity index (χ4v) is 3.44. The summed E-state index contributed by atoms with van der Waals surface area (Å²) in [4.78, 5) is 26.5. The van der Waals surface area contributed by atoms with E-state index in [1.165, 1.54) is 0 Å². The first-order valence-electron chi connectivity index (χ1n) is 9.01. The summed E-state index contributed by atoms with van der Waals surface area (Å²) in [6.45, 7) is 6.18. The van der Waals surface area contributed by atoms with Crippen molar-refractivity contribution in [3.8, 4) is 0 Å². The number of hydrogen-bond acceptors (Lipinski definition) is 5. The molecule has 138 valence electrons. The van der Waals surface area contributed by atoms with Gasteiger partial charge < -0.3 is 20.3 Å². The molecule has 1 aromatic rings. The molecule has 3 atom stereocenters. The van der Waals surface area contributed by atoms with Gasteiger partial charge in [0.15, 0.2) is 0 Å². The predicted molar refractivity (Wildman–Crippen MR) is 93.1 cm³/mol. The average Bonchev–Trinajstić information content (AvgIpc) is 3.01. The molecule has 3 heterocycles. The summed E-state index contributed by atoms with van der Waals surface area (Å²) < 4.78 is 7.22. The molecular weight excluding hydrogens is 322 g/mol. The highest BCUT2D eigenvalue weighted by Crippen LogP contribution is 2.13. The van der Waals surface area contributed by atoms with E-state index < -0.39 is 0 Å². The molecule has 2 N–H and O–H groups in total. The van der Waals surface area contributed by atoms with Gasteiger partial charge in [-0.1, -0.05) is 6.42 Å². The van der Waals surface area contributed by atoms with Crippen molar-refractivity contribution in [2.75, 3.05) is 25.0 Å². The number of piperidine rings is 1. The minimum Gasteiger partial charge on any atom is -0.372 e. The SMILES string of the molecule is C[C@@H]1CN(C(=O)Cn2cc(NC(=O)[C@@H]3CCCCN3)cn2)C[C@H](C)O1. The second kappa shape index (κ2) is 7.97. The van der Waals surface area contributed by atoms with Crippen molar-refractivity contribution in [3.63, 3.8) is 0 Å². The zero-order valence-electron chi connectivity index (χ0n) is 14.9. The summed E-state index contributed by atoms with van der Waals surface area (Å²) in [7, 11) is 0. The first-order chi connectivity index (χ1) is 12.0. The van der Waals surface area contributed by atoms with Crippen molar-refractivity contribution in [1.82, 2.24) is 20.0 Å². The molecule has 1 aromatic heterocycles. The Morgan fingerprint density at radius 1 is 1.32 bits per heavy atom. The van der Waals surface area contributed by atoms with Gasteiger partial charge in [0.2, 0.25) is 11.8 Å². The molecule has 0 unspecified atom stereocenters. The fraction of sp³-hybridized carbons (Fsp3) is 0.706. The molecule has 0 aromatic carbocycles. The molecule has 3 rings (SSSR count). The smallest absolute Gasteiger partial charge is 0.244 e. The van der Waals surface area contributed by atoms with Crippen LogP contribution in [0.3, 0.4) is 0 Å². The number of carbonyl (C=O) groups is 2. The van der Waals surface area contributed by atoms with Gasteiger partial charge in [-0.15, -0.1) is 0 Å². The van der Waals surface area contributed by atoms with Crippen molar-refractivity contribution < 1.29 is 14.3 Å². The Kier molecular flexibility index (Phi) is 5.70. The van der Waals surface area contributed by atoms with Crippen molar-refractivity contribution in [3.05, 3.63) is 12.4 Å². The quantitative estimate of drug-likeness (QED) is 0.831. The third-order valence-corrected chi connectivity index (χ3v) is 4.60. The van der Waals surface area contributed by atoms with Gasteiger partial charge in [-0.05, 0) is 33.2 Å². The maximum absolute atomic E-state index is 12.4. The van der Waals surface area contributed by atoms with Crippen LogP contribution in [0, 0.1) is 0 Å². The normalized spacial score (nSPS) is 27.1. The number of hydrogen-bond donors (Lipinski definition) is 2. The maximum atomic E-state index is 12.4. The molecule has 2 saturated heterocycles. The highest BCUT2D eigenvalue weighted by atomic mass is 16.5. The van der Waals surface area contributed by atoms with E-state index in [0.717, 1.165) is 25.8 Å². The number of aromatic nitrogens is 2. The fourth-order valence-electron chi connectivity index (χ4n) is 3.44. The Labute approximate surface area is 147 Å². The zero-order chi connectivity index (χ0) is 17.8. The van der Waals surface area contributed by atoms with E-state index in [1.807, 2.05) is 18.7 Å². The number of morpholine rings is 1. The second-order valence-corrected chi connectivity index (χ2v) is 6.97. The monoisotopic (exact) mass is 349 g/mol. The van der Waals surface area contributed by atoms with Crippen LogP contribution >= 0.6 is 0 Å². The Hall–Kier alpha value is -1.93. The van der Waals surface area contributed by atoms with Crippen LogP contribution in [0.5, 0.6) is 0 Å². The zero-order valence-corrected chi connectivity index (χ0v) is 14.9. The van der Waals surface area contributed by atoms with Crippen LogP contribution in [0.15, 0.2) is 12.4 Å². The molecule has 8 nitrogen and oxygen atoms in total. The van der Waals surface area contributed by atoms with Gasteiger partial charge in [0.25, 0.3) is 0 Å². The lowest BCUT2D eigenvalue weighted by molar-refractivity contribution is -0.144. The van der Waals surface area contributed by atoms with E-state index in [4.69, 9.17) is 4.74 Å². The minimum absolute atomic E-state index is 0.0110. The van der Waals surface area contributed by atoms with Crippen molar-refractivity contribution >= 4 is 17.5 Å². The minimum atomic E-state index is -0.143. The van der Waals surface area contributed by atoms with Gasteiger partial charge in [-0.2, -0.15) is 5.10 Å². The molecule has 25 heavy (non-hydrogen) atoms. The largest absolute Gasteiger partial charge is 0.372 e. The molecule has 0 radical (unpaired) electrons. The van der Waals surface area contributed by atoms with E-state index in [-0.39, 0.29) is 36.6 Å². The van der Waals surface area contributed by atoms with E-state index >= 15 is 0 Å². The first kappa shape index (κ1) is 17.9. The highest BCUT2D eigenvalue weighted by Gasteiger charge is 2.26. The third kappa shape index (κ3) is 4.79. The standard InChI is InChI=1S/C17H27N5O3/c1-12-8-21(9-13(2)25-12)16(23)11-22-10-14(7-19-22)20-17(24)15-5-3-4-6-18-15/h7,10,12-13,15,18H,3-6,8-9,11H2,1-2H3,(H,20,24)/t12-,13+,15-/m0/s1. The molecule has 2 aliphatic rings. The number of rotatable bonds is 4. The molecule has 0 bridgehead atoms. The van der Waals surface area contributed by atoms with Gasteiger partial charge in [-0.25, -0.2) is 0 Å². The topological polar surface area (TPSA) is 88.5 Å². The predicted octanol–water partition coefficient (Wildman–Crippen LogP) is 0.600. The lowest BCUT2D eigenvalue weighted by Gasteiger charge is -2.35. The summed E-state index contributed by atoms with van der Waals surface area (Å²) in [6.07, 6.45) is 6.40. The Morgan fingerprint density at radius 3 is 2.76 bits per heavy atom. The average molecular weight is 349 g/mol. The van der Waals surface area contributed by atoms with Crippen LogP contribution in [-0.4, -0.2) is 64.4 Å². The number of amides is 2. The molecule has 0 spiro atoms. The van der Waals surface area contributed by atoms with Gasteiger partial charge in [0.05, 0.1) is 30.1 Å². The Balaban J connectivity index is 1.52. The summed E-state index contributed by atoms with van der Waals surface area (Å²) in [5.74, 6) is -0.0293. The number of nitrogens with one attached hydrogen (secondary N) is 2. The number of carbonyl (C=O) groups excluding carboxylic acids is 2. The van der Waals surface area contributed by atoms with Crippen LogP contribution in [-0.2, 0) is 20.9 Å². The van der Waals surface area contributed by atoms with Crippen molar-refractivity contribution in [2.24, 2.45) is 0 Å². The molecule has 8 heteroatoms. The van der Waals surface area contributed by atoms with E-state index in [9.17, 15) is 9.59 Å². The van der Waals surface area contributed by atoms with Crippen LogP contribution in [0.2, 0.25) is 0 Å². The summed E-state index contributed by atoms with van der Waals surface area (Å²) in [5.41, 5.74) is 0.619. The van der Waals surface area contributed by atoms with E-state index in [0.29, 0.717) is 18.8 Å². The Morgan fingerprint density at radius 2 is 2.08 bits per heavy atom. The molecule has 0 aliphatic carbocycles. The van der Waals surface area contributed by atoms with Gasteiger partial charge in [-0.3, -0.25) is 14.3 Å². The van der Waals surface area contributed by atoms with Crippen LogP contribution in [0.4, 0.5) is 5.69 Å². The van der Waals surface area contributed by atoms with E-state index in [1.54, 1.807) is 17.1 Å². The second-order valence-electron chi connectivity index (χ2n) is 6.97. The number of nitrogens with zero attached hydrogens (tertiary/aromatic N) is 3. The molecule has 0 saturated carbocycles. The molecule has 2 aliphatic heterocycles. The lowest BCUT2D eigenvalue weighted by Crippen LogP contribution is -2.49. The number of ether oxygens (including phenoxy) is 1. The first-order valence-corrected chi connectivity index (χ1v) is 9.01. The van der Waals surface area contributed by atoms with Crippen LogP contribution in [0.1, 0.15) is 33.1 Å².